The molecule has 0 aromatic heterocycles. The average Bonchev–Trinajstić information content (AvgIpc) is 2.53. The summed E-state index contributed by atoms with van der Waals surface area (Å²) in [6.07, 6.45) is 4.70. The van der Waals surface area contributed by atoms with Gasteiger partial charge in [-0.15, -0.1) is 0 Å². The second kappa shape index (κ2) is 2.73. The number of hydrogen-bond donors (Lipinski definition) is 1. The molecule has 2 N–H and O–H groups in total. The van der Waals surface area contributed by atoms with Crippen LogP contribution in [-0.2, 0) is 4.84 Å². The highest BCUT2D eigenvalue weighted by Gasteiger charge is 2.38. The van der Waals surface area contributed by atoms with Gasteiger partial charge in [-0.3, -0.25) is 4.84 Å². The van der Waals surface area contributed by atoms with Gasteiger partial charge in [0.05, 0.1) is 6.61 Å². The molecule has 1 saturated carbocycles. The largest absolute Gasteiger partial charge is 0.325 e. The van der Waals surface area contributed by atoms with Gasteiger partial charge in [-0.05, 0) is 25.7 Å². The second-order valence-electron chi connectivity index (χ2n) is 3.73. The first-order valence-corrected chi connectivity index (χ1v) is 4.45. The molecule has 3 nitrogen and oxygen atoms in total. The summed E-state index contributed by atoms with van der Waals surface area (Å²) < 4.78 is 0. The van der Waals surface area contributed by atoms with Gasteiger partial charge in [0.25, 0.3) is 0 Å². The number of hydrogen-bond acceptors (Lipinski definition) is 3. The fraction of sp³-hybridized carbons (Fsp3) is 1.00. The lowest BCUT2D eigenvalue weighted by atomic mass is 10.2. The maximum absolute atomic E-state index is 5.94. The lowest BCUT2D eigenvalue weighted by molar-refractivity contribution is -0.111. The van der Waals surface area contributed by atoms with Crippen LogP contribution in [0.25, 0.3) is 0 Å². The van der Waals surface area contributed by atoms with Gasteiger partial charge in [-0.2, -0.15) is 5.06 Å². The molecule has 2 fully saturated rings. The smallest absolute Gasteiger partial charge is 0.0698 e. The SMILES string of the molecule is NC1(CCN2CCCO2)CC1. The summed E-state index contributed by atoms with van der Waals surface area (Å²) in [5, 5.41) is 2.05. The standard InChI is InChI=1S/C8H16N2O/c9-8(2-3-8)4-6-10-5-1-7-11-10/h1-7,9H2. The van der Waals surface area contributed by atoms with Crippen LogP contribution in [0.1, 0.15) is 25.7 Å². The normalized spacial score (nSPS) is 29.2. The van der Waals surface area contributed by atoms with E-state index in [0.717, 1.165) is 26.1 Å². The predicted octanol–water partition coefficient (Wildman–Crippen LogP) is 0.505. The quantitative estimate of drug-likeness (QED) is 0.647. The molecule has 0 spiro atoms. The Morgan fingerprint density at radius 3 is 2.82 bits per heavy atom. The van der Waals surface area contributed by atoms with E-state index in [1.165, 1.54) is 19.3 Å². The molecule has 0 aromatic rings. The third kappa shape index (κ3) is 1.92. The summed E-state index contributed by atoms with van der Waals surface area (Å²) in [5.41, 5.74) is 6.13. The Kier molecular flexibility index (Phi) is 1.87. The van der Waals surface area contributed by atoms with Crippen molar-refractivity contribution in [2.75, 3.05) is 19.7 Å². The molecule has 2 aliphatic rings. The highest BCUT2D eigenvalue weighted by Crippen LogP contribution is 2.35. The van der Waals surface area contributed by atoms with Gasteiger partial charge in [-0.25, -0.2) is 0 Å². The van der Waals surface area contributed by atoms with Crippen LogP contribution in [0.15, 0.2) is 0 Å². The summed E-state index contributed by atoms with van der Waals surface area (Å²) in [5.74, 6) is 0. The first kappa shape index (κ1) is 7.53. The van der Waals surface area contributed by atoms with Gasteiger partial charge in [-0.1, -0.05) is 0 Å². The van der Waals surface area contributed by atoms with Crippen LogP contribution in [0.5, 0.6) is 0 Å². The summed E-state index contributed by atoms with van der Waals surface area (Å²) in [7, 11) is 0. The Hall–Kier alpha value is -0.120. The van der Waals surface area contributed by atoms with Crippen molar-refractivity contribution in [2.45, 2.75) is 31.2 Å². The van der Waals surface area contributed by atoms with E-state index in [-0.39, 0.29) is 5.54 Å². The van der Waals surface area contributed by atoms with Gasteiger partial charge in [0.1, 0.15) is 0 Å². The number of hydroxylamine groups is 2. The van der Waals surface area contributed by atoms with Crippen LogP contribution in [0.3, 0.4) is 0 Å². The van der Waals surface area contributed by atoms with Crippen LogP contribution in [0, 0.1) is 0 Å². The molecule has 3 heteroatoms. The molecule has 1 heterocycles. The molecule has 0 amide bonds. The number of nitrogens with zero attached hydrogens (tertiary/aromatic N) is 1. The average molecular weight is 156 g/mol. The van der Waals surface area contributed by atoms with Crippen molar-refractivity contribution in [3.05, 3.63) is 0 Å². The molecule has 0 aromatic carbocycles. The van der Waals surface area contributed by atoms with Crippen LogP contribution < -0.4 is 5.73 Å². The Morgan fingerprint density at radius 2 is 2.27 bits per heavy atom. The van der Waals surface area contributed by atoms with E-state index in [4.69, 9.17) is 10.6 Å². The molecule has 64 valence electrons. The molecule has 1 aliphatic carbocycles. The van der Waals surface area contributed by atoms with E-state index in [1.54, 1.807) is 0 Å². The minimum Gasteiger partial charge on any atom is -0.325 e. The van der Waals surface area contributed by atoms with Gasteiger partial charge in [0.15, 0.2) is 0 Å². The third-order valence-corrected chi connectivity index (χ3v) is 2.58. The summed E-state index contributed by atoms with van der Waals surface area (Å²) in [6.45, 7) is 3.02. The van der Waals surface area contributed by atoms with Gasteiger partial charge >= 0.3 is 0 Å². The number of nitrogens with two attached hydrogens (primary N) is 1. The van der Waals surface area contributed by atoms with E-state index < -0.39 is 0 Å². The van der Waals surface area contributed by atoms with Crippen molar-refractivity contribution in [3.8, 4) is 0 Å². The maximum atomic E-state index is 5.94. The Morgan fingerprint density at radius 1 is 1.45 bits per heavy atom. The molecule has 0 unspecified atom stereocenters. The Bertz CT molecular complexity index is 139. The highest BCUT2D eigenvalue weighted by atomic mass is 16.7. The van der Waals surface area contributed by atoms with Gasteiger partial charge in [0.2, 0.25) is 0 Å². The second-order valence-corrected chi connectivity index (χ2v) is 3.73. The molecule has 1 aliphatic heterocycles. The van der Waals surface area contributed by atoms with Crippen molar-refractivity contribution >= 4 is 0 Å². The monoisotopic (exact) mass is 156 g/mol. The zero-order valence-corrected chi connectivity index (χ0v) is 6.88. The maximum Gasteiger partial charge on any atom is 0.0698 e. The zero-order chi connectivity index (χ0) is 7.73. The third-order valence-electron chi connectivity index (χ3n) is 2.58. The van der Waals surface area contributed by atoms with Crippen LogP contribution in [0.2, 0.25) is 0 Å². The van der Waals surface area contributed by atoms with E-state index >= 15 is 0 Å². The van der Waals surface area contributed by atoms with Gasteiger partial charge < -0.3 is 5.73 Å². The Labute approximate surface area is 67.4 Å². The molecule has 0 bridgehead atoms. The topological polar surface area (TPSA) is 38.5 Å². The van der Waals surface area contributed by atoms with Crippen molar-refractivity contribution in [3.63, 3.8) is 0 Å². The summed E-state index contributed by atoms with van der Waals surface area (Å²) in [6, 6.07) is 0. The minimum absolute atomic E-state index is 0.186. The predicted molar refractivity (Wildman–Crippen MR) is 42.9 cm³/mol. The van der Waals surface area contributed by atoms with Crippen LogP contribution >= 0.6 is 0 Å². The summed E-state index contributed by atoms with van der Waals surface area (Å²) in [4.78, 5) is 5.35. The van der Waals surface area contributed by atoms with Gasteiger partial charge in [0, 0.05) is 18.6 Å². The first-order valence-electron chi connectivity index (χ1n) is 4.45. The van der Waals surface area contributed by atoms with Crippen molar-refractivity contribution < 1.29 is 4.84 Å². The van der Waals surface area contributed by atoms with E-state index in [2.05, 4.69) is 0 Å². The fourth-order valence-corrected chi connectivity index (χ4v) is 1.43. The van der Waals surface area contributed by atoms with E-state index in [0.29, 0.717) is 0 Å². The lowest BCUT2D eigenvalue weighted by Gasteiger charge is -2.15. The molecule has 2 rings (SSSR count). The molecular weight excluding hydrogens is 140 g/mol. The fourth-order valence-electron chi connectivity index (χ4n) is 1.43. The zero-order valence-electron chi connectivity index (χ0n) is 6.88. The summed E-state index contributed by atoms with van der Waals surface area (Å²) >= 11 is 0. The van der Waals surface area contributed by atoms with Crippen LogP contribution in [-0.4, -0.2) is 30.3 Å². The van der Waals surface area contributed by atoms with Crippen LogP contribution in [0.4, 0.5) is 0 Å². The van der Waals surface area contributed by atoms with E-state index in [1.807, 2.05) is 5.06 Å². The highest BCUT2D eigenvalue weighted by molar-refractivity contribution is 4.98. The first-order chi connectivity index (χ1) is 5.29. The Balaban J connectivity index is 1.65. The van der Waals surface area contributed by atoms with Crippen molar-refractivity contribution in [2.24, 2.45) is 5.73 Å². The van der Waals surface area contributed by atoms with Crippen molar-refractivity contribution in [1.29, 1.82) is 0 Å². The minimum atomic E-state index is 0.186. The number of rotatable bonds is 3. The lowest BCUT2D eigenvalue weighted by Crippen LogP contribution is -2.29. The molecular formula is C8H16N2O. The molecule has 0 atom stereocenters. The van der Waals surface area contributed by atoms with E-state index in [9.17, 15) is 0 Å². The molecule has 0 radical (unpaired) electrons. The molecule has 1 saturated heterocycles. The van der Waals surface area contributed by atoms with Crippen molar-refractivity contribution in [1.82, 2.24) is 5.06 Å². The molecule has 11 heavy (non-hydrogen) atoms.